The van der Waals surface area contributed by atoms with E-state index in [0.717, 1.165) is 30.2 Å². The van der Waals surface area contributed by atoms with Crippen molar-refractivity contribution < 1.29 is 14.7 Å². The van der Waals surface area contributed by atoms with Crippen molar-refractivity contribution in [1.29, 1.82) is 0 Å². The summed E-state index contributed by atoms with van der Waals surface area (Å²) in [4.78, 5) is 26.0. The number of carboxylic acid groups (broad SMARTS) is 1. The van der Waals surface area contributed by atoms with Crippen LogP contribution in [0.3, 0.4) is 0 Å². The van der Waals surface area contributed by atoms with E-state index in [9.17, 15) is 14.7 Å². The third-order valence-electron chi connectivity index (χ3n) is 4.70. The second-order valence-electron chi connectivity index (χ2n) is 5.92. The van der Waals surface area contributed by atoms with Crippen molar-refractivity contribution in [2.45, 2.75) is 44.2 Å². The summed E-state index contributed by atoms with van der Waals surface area (Å²) in [7, 11) is 0. The number of rotatable bonds is 2. The van der Waals surface area contributed by atoms with E-state index < -0.39 is 12.0 Å². The van der Waals surface area contributed by atoms with Gasteiger partial charge in [-0.25, -0.2) is 4.79 Å². The van der Waals surface area contributed by atoms with Crippen LogP contribution >= 0.6 is 15.9 Å². The molecule has 3 unspecified atom stereocenters. The Labute approximate surface area is 132 Å². The van der Waals surface area contributed by atoms with Crippen molar-refractivity contribution in [1.82, 2.24) is 4.90 Å². The van der Waals surface area contributed by atoms with Gasteiger partial charge >= 0.3 is 5.97 Å². The molecule has 0 radical (unpaired) electrons. The molecule has 2 fully saturated rings. The molecule has 3 rings (SSSR count). The number of carboxylic acids is 1. The number of carbonyl (C=O) groups is 2. The molecule has 112 valence electrons. The van der Waals surface area contributed by atoms with Crippen LogP contribution in [0.2, 0.25) is 0 Å². The normalized spacial score (nSPS) is 28.2. The van der Waals surface area contributed by atoms with Crippen LogP contribution in [0.15, 0.2) is 28.7 Å². The summed E-state index contributed by atoms with van der Waals surface area (Å²) < 4.78 is 0.908. The average Bonchev–Trinajstić information content (AvgIpc) is 2.87. The molecule has 1 N–H and O–H groups in total. The maximum Gasteiger partial charge on any atom is 0.326 e. The summed E-state index contributed by atoms with van der Waals surface area (Å²) >= 11 is 3.35. The van der Waals surface area contributed by atoms with E-state index in [1.165, 1.54) is 0 Å². The standard InChI is InChI=1S/C16H18BrNO3/c17-12-7-5-10(6-8-12)15(19)18-13-4-2-1-3-11(13)9-14(18)16(20)21/h5-8,11,13-14H,1-4,9H2,(H,20,21). The lowest BCUT2D eigenvalue weighted by molar-refractivity contribution is -0.141. The minimum Gasteiger partial charge on any atom is -0.480 e. The molecule has 1 saturated carbocycles. The number of nitrogens with zero attached hydrogens (tertiary/aromatic N) is 1. The zero-order valence-corrected chi connectivity index (χ0v) is 13.3. The summed E-state index contributed by atoms with van der Waals surface area (Å²) in [5.41, 5.74) is 0.565. The number of halogens is 1. The SMILES string of the molecule is O=C(O)C1CC2CCCCC2N1C(=O)c1ccc(Br)cc1. The van der Waals surface area contributed by atoms with Gasteiger partial charge in [0.2, 0.25) is 0 Å². The molecule has 0 bridgehead atoms. The molecular weight excluding hydrogens is 334 g/mol. The zero-order valence-electron chi connectivity index (χ0n) is 11.7. The van der Waals surface area contributed by atoms with Crippen LogP contribution < -0.4 is 0 Å². The van der Waals surface area contributed by atoms with Crippen LogP contribution in [-0.2, 0) is 4.79 Å². The van der Waals surface area contributed by atoms with Gasteiger partial charge in [-0.1, -0.05) is 28.8 Å². The van der Waals surface area contributed by atoms with Crippen LogP contribution in [0.5, 0.6) is 0 Å². The second kappa shape index (κ2) is 5.79. The van der Waals surface area contributed by atoms with Crippen molar-refractivity contribution in [3.05, 3.63) is 34.3 Å². The number of likely N-dealkylation sites (tertiary alicyclic amines) is 1. The Bertz CT molecular complexity index is 557. The number of hydrogen-bond acceptors (Lipinski definition) is 2. The largest absolute Gasteiger partial charge is 0.480 e. The summed E-state index contributed by atoms with van der Waals surface area (Å²) in [5, 5.41) is 9.47. The highest BCUT2D eigenvalue weighted by Crippen LogP contribution is 2.40. The Morgan fingerprint density at radius 3 is 2.48 bits per heavy atom. The van der Waals surface area contributed by atoms with E-state index in [2.05, 4.69) is 15.9 Å². The highest BCUT2D eigenvalue weighted by atomic mass is 79.9. The molecule has 1 aliphatic carbocycles. The van der Waals surface area contributed by atoms with Crippen molar-refractivity contribution in [3.8, 4) is 0 Å². The number of hydrogen-bond donors (Lipinski definition) is 1. The molecule has 0 spiro atoms. The first-order chi connectivity index (χ1) is 10.1. The molecule has 1 aromatic rings. The van der Waals surface area contributed by atoms with E-state index in [-0.39, 0.29) is 11.9 Å². The summed E-state index contributed by atoms with van der Waals surface area (Å²) in [6, 6.07) is 6.56. The first kappa shape index (κ1) is 14.6. The Morgan fingerprint density at radius 1 is 1.14 bits per heavy atom. The predicted molar refractivity (Wildman–Crippen MR) is 82.1 cm³/mol. The summed E-state index contributed by atoms with van der Waals surface area (Å²) in [6.07, 6.45) is 4.79. The van der Waals surface area contributed by atoms with Crippen molar-refractivity contribution in [2.24, 2.45) is 5.92 Å². The van der Waals surface area contributed by atoms with E-state index >= 15 is 0 Å². The third kappa shape index (κ3) is 2.71. The molecule has 21 heavy (non-hydrogen) atoms. The molecule has 1 aliphatic heterocycles. The van der Waals surface area contributed by atoms with Crippen molar-refractivity contribution in [3.63, 3.8) is 0 Å². The van der Waals surface area contributed by atoms with E-state index in [1.54, 1.807) is 17.0 Å². The number of amides is 1. The monoisotopic (exact) mass is 351 g/mol. The quantitative estimate of drug-likeness (QED) is 0.889. The number of fused-ring (bicyclic) bond motifs is 1. The van der Waals surface area contributed by atoms with E-state index in [4.69, 9.17) is 0 Å². The van der Waals surface area contributed by atoms with Crippen molar-refractivity contribution in [2.75, 3.05) is 0 Å². The van der Waals surface area contributed by atoms with Crippen LogP contribution in [0.25, 0.3) is 0 Å². The van der Waals surface area contributed by atoms with Crippen LogP contribution in [0, 0.1) is 5.92 Å². The predicted octanol–water partition coefficient (Wildman–Crippen LogP) is 3.31. The van der Waals surface area contributed by atoms with Crippen LogP contribution in [0.4, 0.5) is 0 Å². The zero-order chi connectivity index (χ0) is 15.0. The van der Waals surface area contributed by atoms with Gasteiger partial charge in [0.15, 0.2) is 0 Å². The van der Waals surface area contributed by atoms with Gasteiger partial charge in [-0.3, -0.25) is 4.79 Å². The molecule has 0 aromatic heterocycles. The molecule has 5 heteroatoms. The van der Waals surface area contributed by atoms with Gasteiger partial charge in [0.1, 0.15) is 6.04 Å². The maximum absolute atomic E-state index is 12.8. The molecule has 2 aliphatic rings. The van der Waals surface area contributed by atoms with Gasteiger partial charge in [-0.15, -0.1) is 0 Å². The van der Waals surface area contributed by atoms with Crippen LogP contribution in [0.1, 0.15) is 42.5 Å². The first-order valence-corrected chi connectivity index (χ1v) is 8.18. The molecule has 3 atom stereocenters. The van der Waals surface area contributed by atoms with Gasteiger partial charge in [-0.2, -0.15) is 0 Å². The Kier molecular flexibility index (Phi) is 4.02. The average molecular weight is 352 g/mol. The van der Waals surface area contributed by atoms with Crippen LogP contribution in [-0.4, -0.2) is 34.0 Å². The van der Waals surface area contributed by atoms with Gasteiger partial charge in [0.25, 0.3) is 5.91 Å². The molecule has 1 aromatic carbocycles. The number of carbonyl (C=O) groups excluding carboxylic acids is 1. The lowest BCUT2D eigenvalue weighted by Gasteiger charge is -2.33. The van der Waals surface area contributed by atoms with Crippen molar-refractivity contribution >= 4 is 27.8 Å². The van der Waals surface area contributed by atoms with Gasteiger partial charge in [0, 0.05) is 16.1 Å². The molecular formula is C16H18BrNO3. The highest BCUT2D eigenvalue weighted by molar-refractivity contribution is 9.10. The third-order valence-corrected chi connectivity index (χ3v) is 5.23. The summed E-state index contributed by atoms with van der Waals surface area (Å²) in [6.45, 7) is 0. The molecule has 1 heterocycles. The highest BCUT2D eigenvalue weighted by Gasteiger charge is 2.47. The Morgan fingerprint density at radius 2 is 1.81 bits per heavy atom. The van der Waals surface area contributed by atoms with Gasteiger partial charge in [-0.05, 0) is 49.4 Å². The number of benzene rings is 1. The second-order valence-corrected chi connectivity index (χ2v) is 6.84. The lowest BCUT2D eigenvalue weighted by atomic mass is 9.84. The van der Waals surface area contributed by atoms with Gasteiger partial charge in [0.05, 0.1) is 0 Å². The smallest absolute Gasteiger partial charge is 0.326 e. The topological polar surface area (TPSA) is 57.6 Å². The Balaban J connectivity index is 1.90. The first-order valence-electron chi connectivity index (χ1n) is 7.39. The van der Waals surface area contributed by atoms with Gasteiger partial charge < -0.3 is 10.0 Å². The fourth-order valence-corrected chi connectivity index (χ4v) is 3.98. The maximum atomic E-state index is 12.8. The molecule has 4 nitrogen and oxygen atoms in total. The number of aliphatic carboxylic acids is 1. The fraction of sp³-hybridized carbons (Fsp3) is 0.500. The molecule has 1 amide bonds. The van der Waals surface area contributed by atoms with E-state index in [0.29, 0.717) is 17.9 Å². The minimum atomic E-state index is -0.880. The van der Waals surface area contributed by atoms with E-state index in [1.807, 2.05) is 12.1 Å². The summed E-state index contributed by atoms with van der Waals surface area (Å²) in [5.74, 6) is -0.682. The fourth-order valence-electron chi connectivity index (χ4n) is 3.71. The lowest BCUT2D eigenvalue weighted by Crippen LogP contribution is -2.46. The minimum absolute atomic E-state index is 0.0935. The molecule has 1 saturated heterocycles. The Hall–Kier alpha value is -1.36.